The van der Waals surface area contributed by atoms with Gasteiger partial charge in [0.2, 0.25) is 0 Å². The van der Waals surface area contributed by atoms with Gasteiger partial charge in [0.05, 0.1) is 0 Å². The third-order valence-electron chi connectivity index (χ3n) is 4.57. The van der Waals surface area contributed by atoms with Crippen LogP contribution in [0.2, 0.25) is 0 Å². The summed E-state index contributed by atoms with van der Waals surface area (Å²) < 4.78 is 0. The van der Waals surface area contributed by atoms with E-state index < -0.39 is 0 Å². The van der Waals surface area contributed by atoms with Crippen LogP contribution in [-0.4, -0.2) is 0 Å². The molecular formula is C15H25Y-. The maximum atomic E-state index is 2.67. The molecule has 2 aliphatic carbocycles. The van der Waals surface area contributed by atoms with Crippen LogP contribution < -0.4 is 0 Å². The molecule has 16 heavy (non-hydrogen) atoms. The molecule has 89 valence electrons. The second-order valence-corrected chi connectivity index (χ2v) is 5.56. The van der Waals surface area contributed by atoms with E-state index in [0.29, 0.717) is 0 Å². The van der Waals surface area contributed by atoms with E-state index in [4.69, 9.17) is 0 Å². The molecule has 0 saturated heterocycles. The Kier molecular flexibility index (Phi) is 6.23. The van der Waals surface area contributed by atoms with Gasteiger partial charge in [0.1, 0.15) is 0 Å². The Hall–Kier alpha value is 0.844. The van der Waals surface area contributed by atoms with E-state index >= 15 is 0 Å². The zero-order valence-corrected chi connectivity index (χ0v) is 13.9. The van der Waals surface area contributed by atoms with Gasteiger partial charge in [-0.2, -0.15) is 5.92 Å². The molecule has 0 heterocycles. The second kappa shape index (κ2) is 6.69. The first kappa shape index (κ1) is 14.9. The van der Waals surface area contributed by atoms with E-state index in [1.807, 2.05) is 0 Å². The molecule has 0 aromatic heterocycles. The minimum Gasteiger partial charge on any atom is -0.318 e. The Balaban J connectivity index is 0.00000128. The predicted molar refractivity (Wildman–Crippen MR) is 66.5 cm³/mol. The molecule has 2 fully saturated rings. The van der Waals surface area contributed by atoms with Gasteiger partial charge < -0.3 is 6.42 Å². The largest absolute Gasteiger partial charge is 0.318 e. The summed E-state index contributed by atoms with van der Waals surface area (Å²) in [5.74, 6) is 3.71. The zero-order valence-electron chi connectivity index (χ0n) is 11.1. The average Bonchev–Trinajstić information content (AvgIpc) is 2.84. The third-order valence-corrected chi connectivity index (χ3v) is 4.57. The Morgan fingerprint density at radius 3 is 2.75 bits per heavy atom. The molecular weight excluding hydrogens is 269 g/mol. The topological polar surface area (TPSA) is 0 Å². The summed E-state index contributed by atoms with van der Waals surface area (Å²) >= 11 is 0. The van der Waals surface area contributed by atoms with Gasteiger partial charge in [0.15, 0.2) is 0 Å². The Morgan fingerprint density at radius 1 is 1.50 bits per heavy atom. The van der Waals surface area contributed by atoms with Crippen molar-refractivity contribution in [3.05, 3.63) is 18.1 Å². The fraction of sp³-hybridized carbons (Fsp3) is 0.800. The van der Waals surface area contributed by atoms with Gasteiger partial charge >= 0.3 is 0 Å². The number of hydrogen-bond acceptors (Lipinski definition) is 0. The second-order valence-electron chi connectivity index (χ2n) is 5.56. The fourth-order valence-electron chi connectivity index (χ4n) is 3.64. The van der Waals surface area contributed by atoms with Crippen molar-refractivity contribution in [2.75, 3.05) is 0 Å². The van der Waals surface area contributed by atoms with Crippen LogP contribution in [0.3, 0.4) is 0 Å². The fourth-order valence-corrected chi connectivity index (χ4v) is 3.64. The molecule has 2 rings (SSSR count). The molecule has 0 nitrogen and oxygen atoms in total. The summed E-state index contributed by atoms with van der Waals surface area (Å²) in [6.07, 6.45) is 12.1. The van der Waals surface area contributed by atoms with Crippen molar-refractivity contribution in [3.8, 4) is 0 Å². The third kappa shape index (κ3) is 2.99. The number of allylic oxidation sites excluding steroid dienone is 2. The first-order chi connectivity index (χ1) is 7.26. The van der Waals surface area contributed by atoms with Crippen molar-refractivity contribution < 1.29 is 32.7 Å². The minimum absolute atomic E-state index is 0. The molecule has 1 radical (unpaired) electrons. The van der Waals surface area contributed by atoms with Gasteiger partial charge in [-0.15, -0.1) is 11.5 Å². The molecule has 0 aromatic rings. The first-order valence-electron chi connectivity index (χ1n) is 6.76. The van der Waals surface area contributed by atoms with Crippen LogP contribution in [0, 0.1) is 30.1 Å². The number of rotatable bonds is 4. The smallest absolute Gasteiger partial charge is 0 e. The zero-order chi connectivity index (χ0) is 10.8. The average molecular weight is 294 g/mol. The van der Waals surface area contributed by atoms with E-state index in [-0.39, 0.29) is 32.7 Å². The van der Waals surface area contributed by atoms with Crippen LogP contribution in [0.1, 0.15) is 52.9 Å². The molecule has 0 aliphatic heterocycles. The van der Waals surface area contributed by atoms with Crippen molar-refractivity contribution in [3.63, 3.8) is 0 Å². The van der Waals surface area contributed by atoms with E-state index in [2.05, 4.69) is 33.3 Å². The van der Waals surface area contributed by atoms with Gasteiger partial charge in [-0.3, -0.25) is 0 Å². The predicted octanol–water partition coefficient (Wildman–Crippen LogP) is 4.62. The van der Waals surface area contributed by atoms with E-state index in [1.54, 1.807) is 5.57 Å². The summed E-state index contributed by atoms with van der Waals surface area (Å²) in [5, 5.41) is 0. The molecule has 1 heteroatoms. The normalized spacial score (nSPS) is 36.4. The van der Waals surface area contributed by atoms with Gasteiger partial charge in [-0.25, -0.2) is 0 Å². The Labute approximate surface area is 127 Å². The molecule has 0 N–H and O–H groups in total. The van der Waals surface area contributed by atoms with Crippen LogP contribution >= 0.6 is 0 Å². The molecule has 0 spiro atoms. The first-order valence-corrected chi connectivity index (χ1v) is 6.76. The van der Waals surface area contributed by atoms with Crippen molar-refractivity contribution in [1.29, 1.82) is 0 Å². The maximum absolute atomic E-state index is 2.67. The molecule has 2 saturated carbocycles. The molecule has 4 unspecified atom stereocenters. The van der Waals surface area contributed by atoms with E-state index in [1.165, 1.54) is 32.1 Å². The van der Waals surface area contributed by atoms with Crippen LogP contribution in [0.15, 0.2) is 11.6 Å². The van der Waals surface area contributed by atoms with Gasteiger partial charge in [-0.05, 0) is 13.3 Å². The van der Waals surface area contributed by atoms with E-state index in [0.717, 1.165) is 23.7 Å². The minimum atomic E-state index is 0. The molecule has 2 aliphatic rings. The van der Waals surface area contributed by atoms with Gasteiger partial charge in [-0.1, -0.05) is 57.4 Å². The Bertz CT molecular complexity index is 244. The summed E-state index contributed by atoms with van der Waals surface area (Å²) in [7, 11) is 0. The summed E-state index contributed by atoms with van der Waals surface area (Å²) in [4.78, 5) is 0. The van der Waals surface area contributed by atoms with Crippen molar-refractivity contribution in [1.82, 2.24) is 0 Å². The monoisotopic (exact) mass is 294 g/mol. The van der Waals surface area contributed by atoms with Crippen LogP contribution in [0.5, 0.6) is 0 Å². The Morgan fingerprint density at radius 2 is 2.25 bits per heavy atom. The van der Waals surface area contributed by atoms with Gasteiger partial charge in [0.25, 0.3) is 0 Å². The summed E-state index contributed by atoms with van der Waals surface area (Å²) in [6.45, 7) is 6.97. The summed E-state index contributed by atoms with van der Waals surface area (Å²) in [5.41, 5.74) is 1.72. The van der Waals surface area contributed by atoms with Crippen LogP contribution in [-0.2, 0) is 32.7 Å². The standard InChI is InChI=1S/C15H25.Y/c1-4-6-7-11(3)15-10-13-9-14(15)8-12(13)5-2;/h5,10-11,13-15H,4,6-9H2,1-3H3;/q-1;/b12-5-;. The number of fused-ring (bicyclic) bond motifs is 2. The number of unbranched alkanes of at least 4 members (excludes halogenated alkanes) is 1. The van der Waals surface area contributed by atoms with Crippen LogP contribution in [0.25, 0.3) is 0 Å². The maximum Gasteiger partial charge on any atom is 0 e. The molecule has 2 bridgehead atoms. The van der Waals surface area contributed by atoms with Crippen molar-refractivity contribution in [2.24, 2.45) is 23.7 Å². The van der Waals surface area contributed by atoms with E-state index in [9.17, 15) is 0 Å². The number of hydrogen-bond donors (Lipinski definition) is 0. The SMILES string of the molecule is C/C=C1/CC2CC1[CH-]C2C(C)CCCC.[Y]. The molecule has 0 aromatic carbocycles. The van der Waals surface area contributed by atoms with Crippen molar-refractivity contribution >= 4 is 0 Å². The molecule has 0 amide bonds. The van der Waals surface area contributed by atoms with Gasteiger partial charge in [0, 0.05) is 32.7 Å². The molecule has 4 atom stereocenters. The van der Waals surface area contributed by atoms with Crippen molar-refractivity contribution in [2.45, 2.75) is 52.9 Å². The quantitative estimate of drug-likeness (QED) is 0.524. The van der Waals surface area contributed by atoms with Crippen LogP contribution in [0.4, 0.5) is 0 Å². The summed E-state index contributed by atoms with van der Waals surface area (Å²) in [6, 6.07) is 0.